The zero-order valence-electron chi connectivity index (χ0n) is 22.2. The molecule has 0 aliphatic heterocycles. The molecule has 7 rings (SSSR count). The molecule has 190 valence electrons. The summed E-state index contributed by atoms with van der Waals surface area (Å²) in [5.74, 6) is 6.79. The van der Waals surface area contributed by atoms with Gasteiger partial charge in [0.05, 0.1) is 22.1 Å². The number of hydrogen-bond acceptors (Lipinski definition) is 2. The molecule has 0 aliphatic rings. The van der Waals surface area contributed by atoms with Crippen molar-refractivity contribution in [1.29, 1.82) is 0 Å². The molecule has 0 bridgehead atoms. The predicted octanol–water partition coefficient (Wildman–Crippen LogP) is 7.70. The van der Waals surface area contributed by atoms with E-state index in [0.29, 0.717) is 16.8 Å². The fourth-order valence-electron chi connectivity index (χ4n) is 5.38. The fraction of sp³-hybridized carbons (Fsp3) is 0.0556. The minimum absolute atomic E-state index is 0.130. The van der Waals surface area contributed by atoms with Gasteiger partial charge in [0.25, 0.3) is 5.56 Å². The van der Waals surface area contributed by atoms with Crippen LogP contribution in [0.15, 0.2) is 114 Å². The summed E-state index contributed by atoms with van der Waals surface area (Å²) in [5.41, 5.74) is 8.72. The highest BCUT2D eigenvalue weighted by molar-refractivity contribution is 6.12. The van der Waals surface area contributed by atoms with E-state index >= 15 is 0 Å². The number of aromatic nitrogens is 3. The Balaban J connectivity index is 1.69. The fourth-order valence-corrected chi connectivity index (χ4v) is 5.38. The molecule has 4 heteroatoms. The molecule has 0 radical (unpaired) electrons. The summed E-state index contributed by atoms with van der Waals surface area (Å²) >= 11 is 0. The number of nitrogens with zero attached hydrogens (tertiary/aromatic N) is 2. The Morgan fingerprint density at radius 2 is 1.48 bits per heavy atom. The van der Waals surface area contributed by atoms with Crippen molar-refractivity contribution in [3.05, 3.63) is 142 Å². The number of para-hydroxylation sites is 2. The second-order valence-electron chi connectivity index (χ2n) is 10.1. The molecule has 0 fully saturated rings. The van der Waals surface area contributed by atoms with Crippen LogP contribution in [0.25, 0.3) is 49.5 Å². The first-order valence-electron chi connectivity index (χ1n) is 13.3. The average Bonchev–Trinajstić information content (AvgIpc) is 3.37. The van der Waals surface area contributed by atoms with Crippen molar-refractivity contribution in [2.24, 2.45) is 0 Å². The maximum atomic E-state index is 14.6. The molecular weight excluding hydrogens is 490 g/mol. The van der Waals surface area contributed by atoms with Crippen LogP contribution in [0, 0.1) is 25.7 Å². The third-order valence-corrected chi connectivity index (χ3v) is 7.40. The van der Waals surface area contributed by atoms with Gasteiger partial charge in [-0.05, 0) is 55.7 Å². The third kappa shape index (κ3) is 3.88. The van der Waals surface area contributed by atoms with E-state index in [4.69, 9.17) is 4.98 Å². The van der Waals surface area contributed by atoms with Gasteiger partial charge in [0, 0.05) is 33.6 Å². The van der Waals surface area contributed by atoms with Crippen molar-refractivity contribution in [1.82, 2.24) is 14.5 Å². The highest BCUT2D eigenvalue weighted by Crippen LogP contribution is 2.35. The molecule has 0 aliphatic carbocycles. The Bertz CT molecular complexity index is 2180. The molecule has 3 aromatic heterocycles. The van der Waals surface area contributed by atoms with Crippen molar-refractivity contribution in [2.75, 3.05) is 0 Å². The number of rotatable bonds is 2. The Morgan fingerprint density at radius 3 is 2.27 bits per heavy atom. The summed E-state index contributed by atoms with van der Waals surface area (Å²) < 4.78 is 1.76. The van der Waals surface area contributed by atoms with E-state index in [-0.39, 0.29) is 5.56 Å². The van der Waals surface area contributed by atoms with Crippen LogP contribution >= 0.6 is 0 Å². The number of nitrogens with one attached hydrogen (secondary N) is 1. The number of fused-ring (bicyclic) bond motifs is 4. The normalized spacial score (nSPS) is 11.2. The molecule has 1 N–H and O–H groups in total. The summed E-state index contributed by atoms with van der Waals surface area (Å²) in [6.07, 6.45) is 1.76. The minimum atomic E-state index is -0.130. The van der Waals surface area contributed by atoms with Crippen molar-refractivity contribution in [3.63, 3.8) is 0 Å². The van der Waals surface area contributed by atoms with Crippen LogP contribution in [0.1, 0.15) is 22.4 Å². The van der Waals surface area contributed by atoms with Gasteiger partial charge in [0.15, 0.2) is 0 Å². The Hall–Kier alpha value is -5.40. The van der Waals surface area contributed by atoms with Gasteiger partial charge in [-0.25, -0.2) is 0 Å². The monoisotopic (exact) mass is 515 g/mol. The van der Waals surface area contributed by atoms with E-state index in [0.717, 1.165) is 49.6 Å². The van der Waals surface area contributed by atoms with Gasteiger partial charge in [0.1, 0.15) is 5.69 Å². The number of H-pyrrole nitrogens is 1. The largest absolute Gasteiger partial charge is 0.354 e. The van der Waals surface area contributed by atoms with Gasteiger partial charge in [-0.1, -0.05) is 89.8 Å². The molecular formula is C36H25N3O. The second-order valence-corrected chi connectivity index (χ2v) is 10.1. The Morgan fingerprint density at radius 1 is 0.750 bits per heavy atom. The highest BCUT2D eigenvalue weighted by Gasteiger charge is 2.23. The molecule has 40 heavy (non-hydrogen) atoms. The molecule has 3 heterocycles. The van der Waals surface area contributed by atoms with Gasteiger partial charge in [0.2, 0.25) is 0 Å². The number of aromatic amines is 1. The van der Waals surface area contributed by atoms with Crippen molar-refractivity contribution in [2.45, 2.75) is 13.8 Å². The summed E-state index contributed by atoms with van der Waals surface area (Å²) in [5, 5.41) is 2.48. The van der Waals surface area contributed by atoms with Crippen molar-refractivity contribution in [3.8, 4) is 28.7 Å². The maximum absolute atomic E-state index is 14.6. The second kappa shape index (κ2) is 9.41. The van der Waals surface area contributed by atoms with Crippen LogP contribution < -0.4 is 5.56 Å². The molecule has 4 nitrogen and oxygen atoms in total. The molecule has 0 saturated carbocycles. The van der Waals surface area contributed by atoms with Gasteiger partial charge in [-0.3, -0.25) is 14.3 Å². The summed E-state index contributed by atoms with van der Waals surface area (Å²) in [6.45, 7) is 4.13. The van der Waals surface area contributed by atoms with Crippen molar-refractivity contribution >= 4 is 32.7 Å². The lowest BCUT2D eigenvalue weighted by Crippen LogP contribution is -2.22. The van der Waals surface area contributed by atoms with Crippen LogP contribution in [0.5, 0.6) is 0 Å². The minimum Gasteiger partial charge on any atom is -0.354 e. The topological polar surface area (TPSA) is 50.7 Å². The van der Waals surface area contributed by atoms with Gasteiger partial charge >= 0.3 is 0 Å². The number of benzene rings is 4. The van der Waals surface area contributed by atoms with E-state index in [2.05, 4.69) is 54.9 Å². The van der Waals surface area contributed by atoms with E-state index in [9.17, 15) is 4.79 Å². The lowest BCUT2D eigenvalue weighted by Gasteiger charge is -2.17. The van der Waals surface area contributed by atoms with Crippen LogP contribution in [-0.2, 0) is 0 Å². The first-order valence-corrected chi connectivity index (χ1v) is 13.3. The zero-order chi connectivity index (χ0) is 27.2. The quantitative estimate of drug-likeness (QED) is 0.240. The van der Waals surface area contributed by atoms with Crippen LogP contribution in [0.4, 0.5) is 0 Å². The zero-order valence-corrected chi connectivity index (χ0v) is 22.2. The number of hydrogen-bond donors (Lipinski definition) is 1. The summed E-state index contributed by atoms with van der Waals surface area (Å²) in [4.78, 5) is 22.9. The molecule has 0 amide bonds. The van der Waals surface area contributed by atoms with E-state index < -0.39 is 0 Å². The average molecular weight is 516 g/mol. The number of pyridine rings is 2. The van der Waals surface area contributed by atoms with E-state index in [1.807, 2.05) is 78.9 Å². The lowest BCUT2D eigenvalue weighted by molar-refractivity contribution is 0.995. The SMILES string of the molecule is Cc1ccc(C#Cc2c(-c3ccc(C)cc3)c3[nH]c4ccccc4c3c(=O)n2-c2cccc3cccnc23)cc1. The first kappa shape index (κ1) is 23.7. The van der Waals surface area contributed by atoms with Crippen LogP contribution in [-0.4, -0.2) is 14.5 Å². The van der Waals surface area contributed by atoms with Crippen molar-refractivity contribution < 1.29 is 0 Å². The maximum Gasteiger partial charge on any atom is 0.266 e. The van der Waals surface area contributed by atoms with Gasteiger partial charge in [-0.15, -0.1) is 0 Å². The molecule has 0 saturated heterocycles. The van der Waals surface area contributed by atoms with E-state index in [1.54, 1.807) is 10.8 Å². The third-order valence-electron chi connectivity index (χ3n) is 7.40. The molecule has 0 spiro atoms. The van der Waals surface area contributed by atoms with E-state index in [1.165, 1.54) is 5.56 Å². The predicted molar refractivity (Wildman–Crippen MR) is 164 cm³/mol. The smallest absolute Gasteiger partial charge is 0.266 e. The van der Waals surface area contributed by atoms with Gasteiger partial charge < -0.3 is 4.98 Å². The molecule has 4 aromatic carbocycles. The molecule has 0 unspecified atom stereocenters. The highest BCUT2D eigenvalue weighted by atomic mass is 16.1. The molecule has 7 aromatic rings. The first-order chi connectivity index (χ1) is 19.6. The standard InChI is InChI=1S/C36H25N3O/c1-23-12-16-25(17-13-23)18-21-30-32(26-19-14-24(2)15-20-26)35-33(28-9-3-4-10-29(28)38-35)36(40)39(30)31-11-5-7-27-8-6-22-37-34(27)31/h3-17,19-20,22,38H,1-2H3. The number of aryl methyl sites for hydroxylation is 2. The Kier molecular flexibility index (Phi) is 5.58. The van der Waals surface area contributed by atoms with Crippen LogP contribution in [0.3, 0.4) is 0 Å². The summed E-state index contributed by atoms with van der Waals surface area (Å²) in [7, 11) is 0. The summed E-state index contributed by atoms with van der Waals surface area (Å²) in [6, 6.07) is 34.3. The Labute approximate surface area is 231 Å². The van der Waals surface area contributed by atoms with Crippen LogP contribution in [0.2, 0.25) is 0 Å². The molecule has 0 atom stereocenters. The van der Waals surface area contributed by atoms with Gasteiger partial charge in [-0.2, -0.15) is 0 Å². The lowest BCUT2D eigenvalue weighted by atomic mass is 9.98.